The summed E-state index contributed by atoms with van der Waals surface area (Å²) in [7, 11) is 1.49. The number of aromatic nitrogens is 3. The lowest BCUT2D eigenvalue weighted by molar-refractivity contribution is 0.0642. The third-order valence-electron chi connectivity index (χ3n) is 5.48. The lowest BCUT2D eigenvalue weighted by atomic mass is 10.0. The Labute approximate surface area is 185 Å². The summed E-state index contributed by atoms with van der Waals surface area (Å²) in [4.78, 5) is 16.7. The Morgan fingerprint density at radius 3 is 2.78 bits per heavy atom. The average molecular weight is 433 g/mol. The summed E-state index contributed by atoms with van der Waals surface area (Å²) in [5, 5.41) is 27.0. The van der Waals surface area contributed by atoms with Crippen molar-refractivity contribution >= 4 is 5.91 Å². The maximum Gasteiger partial charge on any atom is 0.252 e. The Bertz CT molecular complexity index is 1140. The van der Waals surface area contributed by atoms with Crippen LogP contribution in [0.15, 0.2) is 42.7 Å². The molecule has 1 fully saturated rings. The molecule has 4 rings (SSSR count). The van der Waals surface area contributed by atoms with Gasteiger partial charge in [-0.3, -0.25) is 4.79 Å². The lowest BCUT2D eigenvalue weighted by Crippen LogP contribution is -2.32. The highest BCUT2D eigenvalue weighted by atomic mass is 16.5. The van der Waals surface area contributed by atoms with Gasteiger partial charge < -0.3 is 19.9 Å². The molecule has 9 heteroatoms. The first-order valence-corrected chi connectivity index (χ1v) is 10.3. The van der Waals surface area contributed by atoms with Crippen molar-refractivity contribution in [2.45, 2.75) is 12.8 Å². The molecule has 32 heavy (non-hydrogen) atoms. The van der Waals surface area contributed by atoms with E-state index in [0.717, 1.165) is 26.1 Å². The van der Waals surface area contributed by atoms with Crippen molar-refractivity contribution in [3.63, 3.8) is 0 Å². The minimum Gasteiger partial charge on any atom is -0.496 e. The molecule has 0 spiro atoms. The van der Waals surface area contributed by atoms with E-state index in [-0.39, 0.29) is 11.8 Å². The summed E-state index contributed by atoms with van der Waals surface area (Å²) >= 11 is 0. The second-order valence-corrected chi connectivity index (χ2v) is 7.49. The van der Waals surface area contributed by atoms with Crippen molar-refractivity contribution in [1.29, 1.82) is 5.26 Å². The maximum absolute atomic E-state index is 12.4. The standard InChI is InChI=1S/C23H23N5O4/c1-31-20-10-16(11-24)2-4-18(20)19-14-27-28(23(19)30)21-5-3-17(13-25-21)22(29)26-12-15-6-8-32-9-7-15/h2-5,10,13-15,30H,6-9,12H2,1H3,(H,26,29). The van der Waals surface area contributed by atoms with Gasteiger partial charge in [0.2, 0.25) is 5.88 Å². The van der Waals surface area contributed by atoms with Crippen LogP contribution in [0.5, 0.6) is 11.6 Å². The van der Waals surface area contributed by atoms with Gasteiger partial charge in [0.05, 0.1) is 36.1 Å². The fourth-order valence-corrected chi connectivity index (χ4v) is 3.62. The van der Waals surface area contributed by atoms with E-state index in [9.17, 15) is 9.90 Å². The topological polar surface area (TPSA) is 122 Å². The highest BCUT2D eigenvalue weighted by molar-refractivity contribution is 5.93. The van der Waals surface area contributed by atoms with E-state index in [4.69, 9.17) is 14.7 Å². The highest BCUT2D eigenvalue weighted by Crippen LogP contribution is 2.37. The van der Waals surface area contributed by atoms with Crippen molar-refractivity contribution in [2.75, 3.05) is 26.9 Å². The summed E-state index contributed by atoms with van der Waals surface area (Å²) < 4.78 is 12.0. The number of aromatic hydroxyl groups is 1. The number of ether oxygens (including phenoxy) is 2. The summed E-state index contributed by atoms with van der Waals surface area (Å²) in [6.45, 7) is 2.08. The zero-order valence-corrected chi connectivity index (χ0v) is 17.6. The van der Waals surface area contributed by atoms with Crippen molar-refractivity contribution < 1.29 is 19.4 Å². The molecule has 2 aromatic heterocycles. The highest BCUT2D eigenvalue weighted by Gasteiger charge is 2.19. The molecule has 0 radical (unpaired) electrons. The molecule has 0 saturated carbocycles. The molecule has 0 unspecified atom stereocenters. The molecule has 3 aromatic rings. The van der Waals surface area contributed by atoms with Gasteiger partial charge in [0.25, 0.3) is 5.91 Å². The first-order chi connectivity index (χ1) is 15.6. The molecule has 0 atom stereocenters. The first kappa shape index (κ1) is 21.3. The monoisotopic (exact) mass is 433 g/mol. The van der Waals surface area contributed by atoms with Gasteiger partial charge in [0.15, 0.2) is 5.82 Å². The Hall–Kier alpha value is -3.90. The van der Waals surface area contributed by atoms with Gasteiger partial charge in [-0.15, -0.1) is 0 Å². The summed E-state index contributed by atoms with van der Waals surface area (Å²) in [6.07, 6.45) is 4.85. The molecule has 3 heterocycles. The van der Waals surface area contributed by atoms with Crippen LogP contribution in [-0.4, -0.2) is 52.6 Å². The first-order valence-electron chi connectivity index (χ1n) is 10.3. The fraction of sp³-hybridized carbons (Fsp3) is 0.304. The van der Waals surface area contributed by atoms with Crippen LogP contribution in [0, 0.1) is 17.2 Å². The van der Waals surface area contributed by atoms with Gasteiger partial charge in [0.1, 0.15) is 5.75 Å². The summed E-state index contributed by atoms with van der Waals surface area (Å²) in [6, 6.07) is 10.2. The van der Waals surface area contributed by atoms with Gasteiger partial charge >= 0.3 is 0 Å². The smallest absolute Gasteiger partial charge is 0.252 e. The molecule has 164 valence electrons. The van der Waals surface area contributed by atoms with Crippen molar-refractivity contribution in [1.82, 2.24) is 20.1 Å². The Balaban J connectivity index is 1.50. The molecule has 1 amide bonds. The molecule has 9 nitrogen and oxygen atoms in total. The fourth-order valence-electron chi connectivity index (χ4n) is 3.62. The second kappa shape index (κ2) is 9.49. The Morgan fingerprint density at radius 1 is 1.28 bits per heavy atom. The zero-order valence-electron chi connectivity index (χ0n) is 17.6. The quantitative estimate of drug-likeness (QED) is 0.613. The van der Waals surface area contributed by atoms with Crippen LogP contribution < -0.4 is 10.1 Å². The van der Waals surface area contributed by atoms with Crippen LogP contribution in [0.2, 0.25) is 0 Å². The Kier molecular flexibility index (Phi) is 6.33. The molecule has 2 N–H and O–H groups in total. The number of carbonyl (C=O) groups excluding carboxylic acids is 1. The van der Waals surface area contributed by atoms with E-state index >= 15 is 0 Å². The van der Waals surface area contributed by atoms with Crippen molar-refractivity contribution in [2.24, 2.45) is 5.92 Å². The molecule has 1 aromatic carbocycles. The number of hydrogen-bond acceptors (Lipinski definition) is 7. The molecule has 0 aliphatic carbocycles. The van der Waals surface area contributed by atoms with Crippen LogP contribution in [0.1, 0.15) is 28.8 Å². The number of rotatable bonds is 6. The van der Waals surface area contributed by atoms with Crippen LogP contribution in [0.3, 0.4) is 0 Å². The lowest BCUT2D eigenvalue weighted by Gasteiger charge is -2.22. The van der Waals surface area contributed by atoms with Crippen LogP contribution in [0.25, 0.3) is 16.9 Å². The molecular weight excluding hydrogens is 410 g/mol. The normalized spacial score (nSPS) is 14.0. The SMILES string of the molecule is COc1cc(C#N)ccc1-c1cnn(-c2ccc(C(=O)NCC3CCOCC3)cn2)c1O. The number of pyridine rings is 1. The zero-order chi connectivity index (χ0) is 22.5. The van der Waals surface area contributed by atoms with Gasteiger partial charge in [-0.1, -0.05) is 0 Å². The molecule has 1 aliphatic rings. The van der Waals surface area contributed by atoms with Gasteiger partial charge in [-0.05, 0) is 49.1 Å². The maximum atomic E-state index is 12.4. The van der Waals surface area contributed by atoms with E-state index in [1.54, 1.807) is 30.3 Å². The number of hydrogen-bond donors (Lipinski definition) is 2. The van der Waals surface area contributed by atoms with Crippen molar-refractivity contribution in [3.05, 3.63) is 53.9 Å². The van der Waals surface area contributed by atoms with E-state index < -0.39 is 0 Å². The third kappa shape index (κ3) is 4.40. The third-order valence-corrected chi connectivity index (χ3v) is 5.48. The number of nitriles is 1. The molecule has 0 bridgehead atoms. The van der Waals surface area contributed by atoms with Gasteiger partial charge in [0, 0.05) is 31.5 Å². The van der Waals surface area contributed by atoms with E-state index in [0.29, 0.717) is 46.3 Å². The molecular formula is C23H23N5O4. The van der Waals surface area contributed by atoms with E-state index in [1.165, 1.54) is 24.2 Å². The van der Waals surface area contributed by atoms with E-state index in [1.807, 2.05) is 0 Å². The van der Waals surface area contributed by atoms with Gasteiger partial charge in [-0.2, -0.15) is 15.0 Å². The van der Waals surface area contributed by atoms with Crippen LogP contribution >= 0.6 is 0 Å². The second-order valence-electron chi connectivity index (χ2n) is 7.49. The largest absolute Gasteiger partial charge is 0.496 e. The number of amides is 1. The predicted molar refractivity (Wildman–Crippen MR) is 116 cm³/mol. The van der Waals surface area contributed by atoms with E-state index in [2.05, 4.69) is 21.5 Å². The molecule has 1 aliphatic heterocycles. The predicted octanol–water partition coefficient (Wildman–Crippen LogP) is 2.68. The van der Waals surface area contributed by atoms with Crippen LogP contribution in [0.4, 0.5) is 0 Å². The summed E-state index contributed by atoms with van der Waals surface area (Å²) in [5.74, 6) is 0.921. The number of nitrogens with zero attached hydrogens (tertiary/aromatic N) is 4. The number of carbonyl (C=O) groups is 1. The number of nitrogens with one attached hydrogen (secondary N) is 1. The van der Waals surface area contributed by atoms with Gasteiger partial charge in [-0.25, -0.2) is 4.98 Å². The number of benzene rings is 1. The average Bonchev–Trinajstić information content (AvgIpc) is 3.23. The minimum absolute atomic E-state index is 0.128. The Morgan fingerprint density at radius 2 is 2.09 bits per heavy atom. The number of methoxy groups -OCH3 is 1. The summed E-state index contributed by atoms with van der Waals surface area (Å²) in [5.41, 5.74) is 1.91. The minimum atomic E-state index is -0.191. The van der Waals surface area contributed by atoms with Crippen LogP contribution in [-0.2, 0) is 4.74 Å². The molecule has 1 saturated heterocycles. The van der Waals surface area contributed by atoms with Crippen molar-refractivity contribution in [3.8, 4) is 34.6 Å².